The largest absolute Gasteiger partial charge is 0.480 e. The molecule has 30 heavy (non-hydrogen) atoms. The van der Waals surface area contributed by atoms with Gasteiger partial charge >= 0.3 is 6.18 Å². The normalized spacial score (nSPS) is 14.7. The SMILES string of the molecule is C[C@H](Oc1ccc(S(C)(=O)=O)cc1C(=O)N1CCc2cc(C#N)ccc21)C(F)(F)F. The Morgan fingerprint density at radius 3 is 2.53 bits per heavy atom. The van der Waals surface area contributed by atoms with Crippen LogP contribution in [-0.2, 0) is 16.3 Å². The number of carbonyl (C=O) groups is 1. The number of hydrogen-bond acceptors (Lipinski definition) is 5. The molecule has 0 unspecified atom stereocenters. The van der Waals surface area contributed by atoms with Gasteiger partial charge in [-0.05, 0) is 55.3 Å². The monoisotopic (exact) mass is 438 g/mol. The number of sulfone groups is 1. The summed E-state index contributed by atoms with van der Waals surface area (Å²) in [5.74, 6) is -1.05. The highest BCUT2D eigenvalue weighted by atomic mass is 32.2. The van der Waals surface area contributed by atoms with Crippen molar-refractivity contribution in [2.45, 2.75) is 30.5 Å². The molecule has 1 aliphatic rings. The van der Waals surface area contributed by atoms with Gasteiger partial charge in [-0.2, -0.15) is 18.4 Å². The Kier molecular flexibility index (Phi) is 5.52. The van der Waals surface area contributed by atoms with Gasteiger partial charge in [0.05, 0.1) is 22.1 Å². The molecule has 2 aromatic carbocycles. The number of nitriles is 1. The molecule has 0 aliphatic carbocycles. The molecule has 3 rings (SSSR count). The quantitative estimate of drug-likeness (QED) is 0.729. The summed E-state index contributed by atoms with van der Waals surface area (Å²) < 4.78 is 67.7. The number of carbonyl (C=O) groups excluding carboxylic acids is 1. The number of anilines is 1. The third-order valence-corrected chi connectivity index (χ3v) is 5.83. The minimum atomic E-state index is -4.66. The van der Waals surface area contributed by atoms with Crippen LogP contribution in [-0.4, -0.2) is 39.4 Å². The predicted octanol–water partition coefficient (Wildman–Crippen LogP) is 3.49. The van der Waals surface area contributed by atoms with Crippen LogP contribution in [0.2, 0.25) is 0 Å². The molecule has 0 spiro atoms. The Hall–Kier alpha value is -3.06. The molecule has 10 heteroatoms. The Bertz CT molecular complexity index is 1150. The second kappa shape index (κ2) is 7.65. The highest BCUT2D eigenvalue weighted by Gasteiger charge is 2.39. The lowest BCUT2D eigenvalue weighted by atomic mass is 10.1. The van der Waals surface area contributed by atoms with Gasteiger partial charge < -0.3 is 9.64 Å². The van der Waals surface area contributed by atoms with Gasteiger partial charge in [-0.1, -0.05) is 0 Å². The van der Waals surface area contributed by atoms with E-state index in [0.29, 0.717) is 17.7 Å². The molecule has 0 bridgehead atoms. The standard InChI is InChI=1S/C20H17F3N2O4S/c1-12(20(21,22)23)29-18-6-4-15(30(2,27)28)10-16(18)19(26)25-8-7-14-9-13(11-24)3-5-17(14)25/h3-6,9-10,12H,7-8H2,1-2H3/t12-/m0/s1. The molecule has 2 aromatic rings. The Morgan fingerprint density at radius 2 is 1.93 bits per heavy atom. The molecule has 0 radical (unpaired) electrons. The van der Waals surface area contributed by atoms with E-state index in [1.54, 1.807) is 12.1 Å². The number of alkyl halides is 3. The lowest BCUT2D eigenvalue weighted by Crippen LogP contribution is -2.33. The first-order chi connectivity index (χ1) is 13.9. The van der Waals surface area contributed by atoms with Crippen LogP contribution in [0.4, 0.5) is 18.9 Å². The topological polar surface area (TPSA) is 87.5 Å². The summed E-state index contributed by atoms with van der Waals surface area (Å²) in [6, 6.07) is 9.93. The fourth-order valence-corrected chi connectivity index (χ4v) is 3.74. The van der Waals surface area contributed by atoms with Crippen molar-refractivity contribution in [1.82, 2.24) is 0 Å². The van der Waals surface area contributed by atoms with Crippen LogP contribution >= 0.6 is 0 Å². The number of halogens is 3. The Balaban J connectivity index is 2.05. The van der Waals surface area contributed by atoms with E-state index >= 15 is 0 Å². The number of benzene rings is 2. The van der Waals surface area contributed by atoms with Gasteiger partial charge in [-0.3, -0.25) is 4.79 Å². The molecule has 1 aliphatic heterocycles. The number of nitrogens with zero attached hydrogens (tertiary/aromatic N) is 2. The van der Waals surface area contributed by atoms with E-state index in [1.807, 2.05) is 6.07 Å². The highest BCUT2D eigenvalue weighted by Crippen LogP contribution is 2.34. The van der Waals surface area contributed by atoms with Crippen molar-refractivity contribution in [1.29, 1.82) is 5.26 Å². The fourth-order valence-electron chi connectivity index (χ4n) is 3.09. The Morgan fingerprint density at radius 1 is 1.23 bits per heavy atom. The van der Waals surface area contributed by atoms with Crippen LogP contribution < -0.4 is 9.64 Å². The number of amides is 1. The van der Waals surface area contributed by atoms with Crippen molar-refractivity contribution in [2.75, 3.05) is 17.7 Å². The zero-order valence-corrected chi connectivity index (χ0v) is 16.8. The zero-order chi connectivity index (χ0) is 22.3. The van der Waals surface area contributed by atoms with Gasteiger partial charge in [0.2, 0.25) is 0 Å². The first-order valence-corrected chi connectivity index (χ1v) is 10.7. The second-order valence-corrected chi connectivity index (χ2v) is 8.91. The van der Waals surface area contributed by atoms with Crippen LogP contribution in [0.5, 0.6) is 5.75 Å². The van der Waals surface area contributed by atoms with Gasteiger partial charge in [0.1, 0.15) is 5.75 Å². The summed E-state index contributed by atoms with van der Waals surface area (Å²) in [4.78, 5) is 14.3. The summed E-state index contributed by atoms with van der Waals surface area (Å²) in [5.41, 5.74) is 1.39. The molecule has 0 fully saturated rings. The third kappa shape index (κ3) is 4.26. The van der Waals surface area contributed by atoms with Crippen molar-refractivity contribution in [3.8, 4) is 11.8 Å². The third-order valence-electron chi connectivity index (χ3n) is 4.72. The summed E-state index contributed by atoms with van der Waals surface area (Å²) in [7, 11) is -3.71. The minimum Gasteiger partial charge on any atom is -0.480 e. The fraction of sp³-hybridized carbons (Fsp3) is 0.300. The summed E-state index contributed by atoms with van der Waals surface area (Å²) in [6.07, 6.45) is -5.47. The average molecular weight is 438 g/mol. The maximum absolute atomic E-state index is 13.2. The molecule has 158 valence electrons. The molecule has 0 saturated carbocycles. The van der Waals surface area contributed by atoms with Gasteiger partial charge in [0.25, 0.3) is 5.91 Å². The van der Waals surface area contributed by atoms with E-state index in [2.05, 4.69) is 0 Å². The van der Waals surface area contributed by atoms with Crippen molar-refractivity contribution >= 4 is 21.4 Å². The number of rotatable bonds is 4. The lowest BCUT2D eigenvalue weighted by Gasteiger charge is -2.23. The number of hydrogen-bond donors (Lipinski definition) is 0. The molecule has 6 nitrogen and oxygen atoms in total. The van der Waals surface area contributed by atoms with E-state index < -0.39 is 28.0 Å². The Labute approximate surface area is 171 Å². The molecule has 0 saturated heterocycles. The molecule has 1 atom stereocenters. The first-order valence-electron chi connectivity index (χ1n) is 8.84. The summed E-state index contributed by atoms with van der Waals surface area (Å²) in [5, 5.41) is 9.02. The molecule has 1 heterocycles. The molecule has 1 amide bonds. The second-order valence-electron chi connectivity index (χ2n) is 6.89. The molecular formula is C20H17F3N2O4S. The smallest absolute Gasteiger partial charge is 0.425 e. The van der Waals surface area contributed by atoms with Crippen molar-refractivity contribution in [2.24, 2.45) is 0 Å². The van der Waals surface area contributed by atoms with Crippen LogP contribution in [0.25, 0.3) is 0 Å². The summed E-state index contributed by atoms with van der Waals surface area (Å²) in [6.45, 7) is 1.04. The van der Waals surface area contributed by atoms with Crippen molar-refractivity contribution < 1.29 is 31.1 Å². The molecule has 0 aromatic heterocycles. The van der Waals surface area contributed by atoms with E-state index in [4.69, 9.17) is 10.00 Å². The summed E-state index contributed by atoms with van der Waals surface area (Å²) >= 11 is 0. The lowest BCUT2D eigenvalue weighted by molar-refractivity contribution is -0.189. The maximum Gasteiger partial charge on any atom is 0.425 e. The minimum absolute atomic E-state index is 0.211. The molecule has 0 N–H and O–H groups in total. The average Bonchev–Trinajstić information content (AvgIpc) is 3.09. The van der Waals surface area contributed by atoms with Crippen LogP contribution in [0.15, 0.2) is 41.3 Å². The predicted molar refractivity (Wildman–Crippen MR) is 102 cm³/mol. The number of ether oxygens (including phenoxy) is 1. The first kappa shape index (κ1) is 21.6. The van der Waals surface area contributed by atoms with E-state index in [0.717, 1.165) is 36.9 Å². The van der Waals surface area contributed by atoms with Crippen LogP contribution in [0.1, 0.15) is 28.4 Å². The molecular weight excluding hydrogens is 421 g/mol. The van der Waals surface area contributed by atoms with E-state index in [1.165, 1.54) is 11.0 Å². The van der Waals surface area contributed by atoms with Crippen LogP contribution in [0.3, 0.4) is 0 Å². The van der Waals surface area contributed by atoms with Gasteiger partial charge in [0.15, 0.2) is 15.9 Å². The highest BCUT2D eigenvalue weighted by molar-refractivity contribution is 7.90. The van der Waals surface area contributed by atoms with Gasteiger partial charge in [-0.15, -0.1) is 0 Å². The van der Waals surface area contributed by atoms with Crippen molar-refractivity contribution in [3.05, 3.63) is 53.1 Å². The van der Waals surface area contributed by atoms with Crippen LogP contribution in [0, 0.1) is 11.3 Å². The van der Waals surface area contributed by atoms with Gasteiger partial charge in [-0.25, -0.2) is 8.42 Å². The maximum atomic E-state index is 13.2. The zero-order valence-electron chi connectivity index (χ0n) is 16.0. The van der Waals surface area contributed by atoms with Crippen molar-refractivity contribution in [3.63, 3.8) is 0 Å². The number of fused-ring (bicyclic) bond motifs is 1. The van der Waals surface area contributed by atoms with Gasteiger partial charge in [0, 0.05) is 18.5 Å². The van der Waals surface area contributed by atoms with E-state index in [9.17, 15) is 26.4 Å². The van der Waals surface area contributed by atoms with E-state index in [-0.39, 0.29) is 22.8 Å².